The summed E-state index contributed by atoms with van der Waals surface area (Å²) >= 11 is 0. The molecule has 1 aliphatic carbocycles. The highest BCUT2D eigenvalue weighted by atomic mass is 19.4. The standard InChI is InChI=1S/C28H20F4N6O2/c29-19-10-20-21(38-13-34-12-22(38)26(33)36-20)9-18(19)27(39)37-5-6-40-23-8-16-7-14(1-3-17(16)25(23)37)15-2-4-24(35-11-15)28(30,31)32/h1-4,7,9-13,23,25H,5-6,8H2,(H2,33,36)/t23-,25+/m1/s1. The van der Waals surface area contributed by atoms with Gasteiger partial charge in [-0.05, 0) is 28.8 Å². The Hall–Kier alpha value is -4.58. The number of carbonyl (C=O) groups is 1. The van der Waals surface area contributed by atoms with E-state index in [1.807, 2.05) is 12.1 Å². The number of alkyl halides is 3. The van der Waals surface area contributed by atoms with Gasteiger partial charge in [-0.3, -0.25) is 14.2 Å². The van der Waals surface area contributed by atoms with Crippen LogP contribution in [0.1, 0.15) is 33.2 Å². The van der Waals surface area contributed by atoms with Gasteiger partial charge in [0.25, 0.3) is 5.91 Å². The molecule has 5 aromatic rings. The number of hydrogen-bond acceptors (Lipinski definition) is 6. The lowest BCUT2D eigenvalue weighted by molar-refractivity contribution is -0.141. The van der Waals surface area contributed by atoms with E-state index >= 15 is 4.39 Å². The summed E-state index contributed by atoms with van der Waals surface area (Å²) in [6, 6.07) is 10.1. The predicted molar refractivity (Wildman–Crippen MR) is 137 cm³/mol. The fourth-order valence-corrected chi connectivity index (χ4v) is 5.72. The van der Waals surface area contributed by atoms with E-state index in [0.717, 1.165) is 17.2 Å². The molecule has 3 aromatic heterocycles. The second-order valence-electron chi connectivity index (χ2n) is 9.87. The van der Waals surface area contributed by atoms with Crippen molar-refractivity contribution in [3.05, 3.63) is 89.4 Å². The zero-order valence-corrected chi connectivity index (χ0v) is 20.7. The second-order valence-corrected chi connectivity index (χ2v) is 9.87. The minimum atomic E-state index is -4.52. The molecule has 202 valence electrons. The second kappa shape index (κ2) is 8.71. The third-order valence-corrected chi connectivity index (χ3v) is 7.58. The first-order valence-corrected chi connectivity index (χ1v) is 12.5. The van der Waals surface area contributed by atoms with Gasteiger partial charge in [0.05, 0.1) is 47.9 Å². The van der Waals surface area contributed by atoms with E-state index in [1.165, 1.54) is 30.7 Å². The highest BCUT2D eigenvalue weighted by Gasteiger charge is 2.43. The molecular formula is C28H20F4N6O2. The van der Waals surface area contributed by atoms with Crippen molar-refractivity contribution in [2.45, 2.75) is 24.7 Å². The maximum absolute atomic E-state index is 15.3. The monoisotopic (exact) mass is 548 g/mol. The van der Waals surface area contributed by atoms with Gasteiger partial charge in [-0.25, -0.2) is 14.4 Å². The van der Waals surface area contributed by atoms with E-state index in [2.05, 4.69) is 15.0 Å². The summed E-state index contributed by atoms with van der Waals surface area (Å²) in [5.41, 5.74) is 9.27. The van der Waals surface area contributed by atoms with Crippen LogP contribution in [0.3, 0.4) is 0 Å². The van der Waals surface area contributed by atoms with E-state index in [1.54, 1.807) is 21.6 Å². The molecule has 1 amide bonds. The Morgan fingerprint density at radius 3 is 2.65 bits per heavy atom. The molecule has 1 saturated heterocycles. The molecule has 4 heterocycles. The molecule has 8 nitrogen and oxygen atoms in total. The molecular weight excluding hydrogens is 528 g/mol. The largest absolute Gasteiger partial charge is 0.433 e. The van der Waals surface area contributed by atoms with Gasteiger partial charge in [-0.1, -0.05) is 24.3 Å². The van der Waals surface area contributed by atoms with Crippen molar-refractivity contribution >= 4 is 28.3 Å². The fraction of sp³-hybridized carbons (Fsp3) is 0.214. The van der Waals surface area contributed by atoms with Crippen LogP contribution in [0.15, 0.2) is 61.2 Å². The van der Waals surface area contributed by atoms with Gasteiger partial charge in [-0.2, -0.15) is 13.2 Å². The first kappa shape index (κ1) is 24.5. The van der Waals surface area contributed by atoms with Gasteiger partial charge in [-0.15, -0.1) is 0 Å². The number of nitrogen functional groups attached to an aromatic ring is 1. The van der Waals surface area contributed by atoms with Crippen LogP contribution in [0, 0.1) is 5.82 Å². The molecule has 0 radical (unpaired) electrons. The first-order chi connectivity index (χ1) is 19.2. The molecule has 2 aromatic carbocycles. The van der Waals surface area contributed by atoms with Crippen LogP contribution in [-0.2, 0) is 17.3 Å². The number of anilines is 1. The van der Waals surface area contributed by atoms with Gasteiger partial charge in [0.1, 0.15) is 22.8 Å². The third-order valence-electron chi connectivity index (χ3n) is 7.58. The number of hydrogen-bond donors (Lipinski definition) is 1. The Morgan fingerprint density at radius 2 is 1.88 bits per heavy atom. The maximum atomic E-state index is 15.3. The summed E-state index contributed by atoms with van der Waals surface area (Å²) < 4.78 is 61.7. The molecule has 0 saturated carbocycles. The molecule has 2 N–H and O–H groups in total. The molecule has 1 fully saturated rings. The Bertz CT molecular complexity index is 1820. The molecule has 2 aliphatic rings. The number of amides is 1. The smallest absolute Gasteiger partial charge is 0.382 e. The number of nitrogens with two attached hydrogens (primary N) is 1. The number of benzene rings is 2. The summed E-state index contributed by atoms with van der Waals surface area (Å²) in [5.74, 6) is -0.990. The van der Waals surface area contributed by atoms with Gasteiger partial charge in [0, 0.05) is 30.8 Å². The minimum Gasteiger partial charge on any atom is -0.382 e. The Balaban J connectivity index is 1.24. The predicted octanol–water partition coefficient (Wildman–Crippen LogP) is 4.82. The summed E-state index contributed by atoms with van der Waals surface area (Å²) in [7, 11) is 0. The Labute approximate surface area is 224 Å². The topological polar surface area (TPSA) is 98.6 Å². The van der Waals surface area contributed by atoms with Gasteiger partial charge >= 0.3 is 6.18 Å². The van der Waals surface area contributed by atoms with E-state index < -0.39 is 29.6 Å². The zero-order valence-electron chi connectivity index (χ0n) is 20.7. The number of aromatic nitrogens is 4. The Morgan fingerprint density at radius 1 is 1.05 bits per heavy atom. The van der Waals surface area contributed by atoms with Crippen molar-refractivity contribution in [2.24, 2.45) is 0 Å². The SMILES string of the molecule is Nc1nc2cc(F)c(C(=O)N3CCO[C@@H]4Cc5cc(-c6ccc(C(F)(F)F)nc6)ccc5[C@@H]43)cc2n2cncc12. The van der Waals surface area contributed by atoms with E-state index in [0.29, 0.717) is 34.1 Å². The van der Waals surface area contributed by atoms with Gasteiger partial charge < -0.3 is 15.4 Å². The van der Waals surface area contributed by atoms with Crippen LogP contribution >= 0.6 is 0 Å². The zero-order chi connectivity index (χ0) is 27.8. The number of pyridine rings is 1. The lowest BCUT2D eigenvalue weighted by Gasteiger charge is -2.38. The molecule has 40 heavy (non-hydrogen) atoms. The molecule has 7 rings (SSSR count). The van der Waals surface area contributed by atoms with Gasteiger partial charge in [0.2, 0.25) is 0 Å². The molecule has 0 spiro atoms. The molecule has 0 bridgehead atoms. The number of rotatable bonds is 2. The quantitative estimate of drug-likeness (QED) is 0.318. The van der Waals surface area contributed by atoms with Crippen molar-refractivity contribution in [2.75, 3.05) is 18.9 Å². The number of imidazole rings is 1. The van der Waals surface area contributed by atoms with Crippen LogP contribution in [0.25, 0.3) is 27.7 Å². The number of fused-ring (bicyclic) bond motifs is 6. The lowest BCUT2D eigenvalue weighted by Crippen LogP contribution is -2.46. The van der Waals surface area contributed by atoms with Gasteiger partial charge in [0.15, 0.2) is 0 Å². The highest BCUT2D eigenvalue weighted by Crippen LogP contribution is 2.42. The number of halogens is 4. The first-order valence-electron chi connectivity index (χ1n) is 12.5. The van der Waals surface area contributed by atoms with Crippen LogP contribution in [-0.4, -0.2) is 49.4 Å². The number of carbonyl (C=O) groups excluding carboxylic acids is 1. The lowest BCUT2D eigenvalue weighted by atomic mass is 9.99. The van der Waals surface area contributed by atoms with Crippen LogP contribution in [0.5, 0.6) is 0 Å². The summed E-state index contributed by atoms with van der Waals surface area (Å²) in [6.07, 6.45) is -0.0726. The van der Waals surface area contributed by atoms with E-state index in [4.69, 9.17) is 10.5 Å². The summed E-state index contributed by atoms with van der Waals surface area (Å²) in [4.78, 5) is 27.3. The van der Waals surface area contributed by atoms with Crippen molar-refractivity contribution in [1.29, 1.82) is 0 Å². The van der Waals surface area contributed by atoms with Crippen molar-refractivity contribution in [1.82, 2.24) is 24.3 Å². The number of nitrogens with zero attached hydrogens (tertiary/aromatic N) is 5. The fourth-order valence-electron chi connectivity index (χ4n) is 5.72. The highest BCUT2D eigenvalue weighted by molar-refractivity contribution is 5.99. The average Bonchev–Trinajstić information content (AvgIpc) is 3.57. The average molecular weight is 548 g/mol. The third kappa shape index (κ3) is 3.78. The summed E-state index contributed by atoms with van der Waals surface area (Å²) in [5, 5.41) is 0. The minimum absolute atomic E-state index is 0.101. The maximum Gasteiger partial charge on any atom is 0.433 e. The molecule has 2 atom stereocenters. The molecule has 12 heteroatoms. The summed E-state index contributed by atoms with van der Waals surface area (Å²) in [6.45, 7) is 0.553. The van der Waals surface area contributed by atoms with Crippen molar-refractivity contribution in [3.63, 3.8) is 0 Å². The van der Waals surface area contributed by atoms with E-state index in [9.17, 15) is 18.0 Å². The van der Waals surface area contributed by atoms with Crippen molar-refractivity contribution in [3.8, 4) is 11.1 Å². The normalized spacial score (nSPS) is 18.8. The number of morpholine rings is 1. The molecule has 1 aliphatic heterocycles. The number of ether oxygens (including phenoxy) is 1. The Kier molecular flexibility index (Phi) is 5.33. The van der Waals surface area contributed by atoms with Crippen LogP contribution in [0.4, 0.5) is 23.4 Å². The van der Waals surface area contributed by atoms with E-state index in [-0.39, 0.29) is 30.6 Å². The van der Waals surface area contributed by atoms with Crippen molar-refractivity contribution < 1.29 is 27.1 Å². The molecule has 0 unspecified atom stereocenters. The van der Waals surface area contributed by atoms with Crippen LogP contribution < -0.4 is 5.73 Å². The van der Waals surface area contributed by atoms with Crippen LogP contribution in [0.2, 0.25) is 0 Å².